The fourth-order valence-electron chi connectivity index (χ4n) is 5.95. The zero-order valence-electron chi connectivity index (χ0n) is 38.0. The summed E-state index contributed by atoms with van der Waals surface area (Å²) in [5.41, 5.74) is 0. The van der Waals surface area contributed by atoms with Crippen molar-refractivity contribution in [2.45, 2.75) is 207 Å². The normalized spacial score (nSPS) is 12.9. The first-order valence-electron chi connectivity index (χ1n) is 23.7. The van der Waals surface area contributed by atoms with Gasteiger partial charge in [0.25, 0.3) is 0 Å². The van der Waals surface area contributed by atoms with E-state index in [1.807, 2.05) is 0 Å². The smallest absolute Gasteiger partial charge is 0.306 e. The Morgan fingerprint density at radius 1 is 0.356 bits per heavy atom. The van der Waals surface area contributed by atoms with Crippen molar-refractivity contribution >= 4 is 17.9 Å². The first kappa shape index (κ1) is 55.3. The van der Waals surface area contributed by atoms with E-state index >= 15 is 0 Å². The average molecular weight is 819 g/mol. The molecule has 0 fully saturated rings. The van der Waals surface area contributed by atoms with E-state index in [1.165, 1.54) is 51.4 Å². The van der Waals surface area contributed by atoms with Gasteiger partial charge in [-0.15, -0.1) is 0 Å². The molecule has 0 N–H and O–H groups in total. The zero-order valence-corrected chi connectivity index (χ0v) is 38.0. The van der Waals surface area contributed by atoms with Crippen molar-refractivity contribution in [3.05, 3.63) is 97.2 Å². The highest BCUT2D eigenvalue weighted by Gasteiger charge is 2.19. The topological polar surface area (TPSA) is 78.9 Å². The molecule has 0 aromatic carbocycles. The second kappa shape index (κ2) is 47.0. The molecule has 0 amide bonds. The third kappa shape index (κ3) is 45.3. The van der Waals surface area contributed by atoms with Gasteiger partial charge in [0.2, 0.25) is 0 Å². The van der Waals surface area contributed by atoms with Crippen molar-refractivity contribution in [1.29, 1.82) is 0 Å². The van der Waals surface area contributed by atoms with Crippen LogP contribution in [0, 0.1) is 0 Å². The highest BCUT2D eigenvalue weighted by molar-refractivity contribution is 5.71. The third-order valence-corrected chi connectivity index (χ3v) is 9.54. The third-order valence-electron chi connectivity index (χ3n) is 9.54. The van der Waals surface area contributed by atoms with Crippen molar-refractivity contribution in [2.75, 3.05) is 13.2 Å². The predicted molar refractivity (Wildman–Crippen MR) is 251 cm³/mol. The van der Waals surface area contributed by atoms with Crippen LogP contribution in [0.1, 0.15) is 201 Å². The summed E-state index contributed by atoms with van der Waals surface area (Å²) in [4.78, 5) is 37.8. The van der Waals surface area contributed by atoms with Crippen molar-refractivity contribution in [3.8, 4) is 0 Å². The molecule has 0 rings (SSSR count). The van der Waals surface area contributed by atoms with Crippen LogP contribution in [0.25, 0.3) is 0 Å². The Bertz CT molecular complexity index is 1220. The SMILES string of the molecule is CC/C=C\C/C=C\C/C=C\C/C=C\CCCCC(=O)OC[C@@H](COC(=O)CCCCCCC/C=C\CCCC)OC(=O)CCCC/C=C\C/C=C\C/C=C\CCCCC. The molecule has 1 atom stereocenters. The summed E-state index contributed by atoms with van der Waals surface area (Å²) in [6, 6.07) is 0. The van der Waals surface area contributed by atoms with Crippen LogP contribution >= 0.6 is 0 Å². The molecule has 0 aliphatic rings. The number of unbranched alkanes of at least 4 members (excludes halogenated alkanes) is 14. The molecule has 0 aromatic rings. The molecular weight excluding hydrogens is 733 g/mol. The van der Waals surface area contributed by atoms with E-state index in [1.54, 1.807) is 0 Å². The van der Waals surface area contributed by atoms with Gasteiger partial charge in [0.15, 0.2) is 6.10 Å². The summed E-state index contributed by atoms with van der Waals surface area (Å²) < 4.78 is 16.7. The first-order chi connectivity index (χ1) is 29.0. The Kier molecular flexibility index (Phi) is 44.1. The van der Waals surface area contributed by atoms with Crippen LogP contribution < -0.4 is 0 Å². The van der Waals surface area contributed by atoms with Gasteiger partial charge in [-0.25, -0.2) is 0 Å². The largest absolute Gasteiger partial charge is 0.462 e. The van der Waals surface area contributed by atoms with Crippen LogP contribution in [-0.4, -0.2) is 37.2 Å². The maximum absolute atomic E-state index is 12.7. The fraction of sp³-hybridized carbons (Fsp3) is 0.642. The second-order valence-electron chi connectivity index (χ2n) is 15.3. The minimum Gasteiger partial charge on any atom is -0.462 e. The molecular formula is C53H86O6. The maximum Gasteiger partial charge on any atom is 0.306 e. The molecule has 0 saturated heterocycles. The number of rotatable bonds is 41. The summed E-state index contributed by atoms with van der Waals surface area (Å²) in [5, 5.41) is 0. The van der Waals surface area contributed by atoms with E-state index in [0.717, 1.165) is 96.3 Å². The fourth-order valence-corrected chi connectivity index (χ4v) is 5.95. The predicted octanol–water partition coefficient (Wildman–Crippen LogP) is 15.4. The lowest BCUT2D eigenvalue weighted by atomic mass is 10.1. The summed E-state index contributed by atoms with van der Waals surface area (Å²) in [7, 11) is 0. The number of carbonyl (C=O) groups excluding carboxylic acids is 3. The lowest BCUT2D eigenvalue weighted by Gasteiger charge is -2.18. The summed E-state index contributed by atoms with van der Waals surface area (Å²) in [5.74, 6) is -1.01. The van der Waals surface area contributed by atoms with Crippen LogP contribution in [0.15, 0.2) is 97.2 Å². The van der Waals surface area contributed by atoms with Crippen LogP contribution in [0.4, 0.5) is 0 Å². The summed E-state index contributed by atoms with van der Waals surface area (Å²) in [6.45, 7) is 6.35. The van der Waals surface area contributed by atoms with Gasteiger partial charge < -0.3 is 14.2 Å². The highest BCUT2D eigenvalue weighted by atomic mass is 16.6. The molecule has 0 radical (unpaired) electrons. The molecule has 0 bridgehead atoms. The number of carbonyl (C=O) groups is 3. The van der Waals surface area contributed by atoms with E-state index < -0.39 is 6.10 Å². The Morgan fingerprint density at radius 2 is 0.678 bits per heavy atom. The first-order valence-corrected chi connectivity index (χ1v) is 23.7. The van der Waals surface area contributed by atoms with E-state index in [0.29, 0.717) is 25.7 Å². The standard InChI is InChI=1S/C53H86O6/c1-4-7-10-13-16-19-22-24-26-28-31-34-37-40-43-46-52(55)58-49-50(48-57-51(54)45-42-39-36-33-30-21-18-15-12-9-6-3)59-53(56)47-44-41-38-35-32-29-27-25-23-20-17-14-11-8-5-2/h7,10,15-20,24-27,31-32,34-35,50H,4-6,8-9,11-14,21-23,28-30,33,36-49H2,1-3H3/b10-7-,18-15-,19-16-,20-17-,26-24-,27-25-,34-31-,35-32-/t50-/m1/s1. The molecule has 6 heteroatoms. The molecule has 334 valence electrons. The van der Waals surface area contributed by atoms with Crippen molar-refractivity contribution in [2.24, 2.45) is 0 Å². The van der Waals surface area contributed by atoms with Gasteiger partial charge in [-0.1, -0.05) is 163 Å². The quantitative estimate of drug-likeness (QED) is 0.0265. The Hall–Kier alpha value is -3.67. The van der Waals surface area contributed by atoms with Gasteiger partial charge in [-0.3, -0.25) is 14.4 Å². The molecule has 0 saturated carbocycles. The van der Waals surface area contributed by atoms with Crippen LogP contribution in [0.3, 0.4) is 0 Å². The Labute approximate surface area is 362 Å². The van der Waals surface area contributed by atoms with Gasteiger partial charge in [0, 0.05) is 19.3 Å². The van der Waals surface area contributed by atoms with Gasteiger partial charge in [0.05, 0.1) is 0 Å². The monoisotopic (exact) mass is 819 g/mol. The summed E-state index contributed by atoms with van der Waals surface area (Å²) in [6.07, 6.45) is 61.0. The average Bonchev–Trinajstić information content (AvgIpc) is 3.23. The van der Waals surface area contributed by atoms with E-state index in [9.17, 15) is 14.4 Å². The van der Waals surface area contributed by atoms with Crippen molar-refractivity contribution in [1.82, 2.24) is 0 Å². The van der Waals surface area contributed by atoms with Crippen LogP contribution in [0.5, 0.6) is 0 Å². The number of esters is 3. The molecule has 0 spiro atoms. The molecule has 0 unspecified atom stereocenters. The minimum absolute atomic E-state index is 0.112. The van der Waals surface area contributed by atoms with E-state index in [2.05, 4.69) is 118 Å². The highest BCUT2D eigenvalue weighted by Crippen LogP contribution is 2.11. The molecule has 59 heavy (non-hydrogen) atoms. The van der Waals surface area contributed by atoms with Crippen molar-refractivity contribution in [3.63, 3.8) is 0 Å². The van der Waals surface area contributed by atoms with Gasteiger partial charge in [0.1, 0.15) is 13.2 Å². The number of hydrogen-bond acceptors (Lipinski definition) is 6. The lowest BCUT2D eigenvalue weighted by Crippen LogP contribution is -2.30. The minimum atomic E-state index is -0.817. The molecule has 0 aromatic heterocycles. The second-order valence-corrected chi connectivity index (χ2v) is 15.3. The maximum atomic E-state index is 12.7. The van der Waals surface area contributed by atoms with Gasteiger partial charge in [-0.05, 0) is 116 Å². The van der Waals surface area contributed by atoms with Gasteiger partial charge in [-0.2, -0.15) is 0 Å². The Balaban J connectivity index is 4.55. The zero-order chi connectivity index (χ0) is 43.0. The number of ether oxygens (including phenoxy) is 3. The number of hydrogen-bond donors (Lipinski definition) is 0. The number of allylic oxidation sites excluding steroid dienone is 16. The van der Waals surface area contributed by atoms with Crippen LogP contribution in [-0.2, 0) is 28.6 Å². The van der Waals surface area contributed by atoms with Crippen molar-refractivity contribution < 1.29 is 28.6 Å². The lowest BCUT2D eigenvalue weighted by molar-refractivity contribution is -0.167. The summed E-state index contributed by atoms with van der Waals surface area (Å²) >= 11 is 0. The van der Waals surface area contributed by atoms with Gasteiger partial charge >= 0.3 is 17.9 Å². The van der Waals surface area contributed by atoms with E-state index in [-0.39, 0.29) is 37.5 Å². The molecule has 6 nitrogen and oxygen atoms in total. The molecule has 0 aliphatic heterocycles. The van der Waals surface area contributed by atoms with Crippen LogP contribution in [0.2, 0.25) is 0 Å². The molecule has 0 aliphatic carbocycles. The Morgan fingerprint density at radius 3 is 1.14 bits per heavy atom. The molecule has 0 heterocycles. The van der Waals surface area contributed by atoms with E-state index in [4.69, 9.17) is 14.2 Å².